The van der Waals surface area contributed by atoms with Crippen molar-refractivity contribution < 1.29 is 22.7 Å². The van der Waals surface area contributed by atoms with Gasteiger partial charge in [-0.1, -0.05) is 0 Å². The van der Waals surface area contributed by atoms with Crippen molar-refractivity contribution in [2.75, 3.05) is 6.61 Å². The molecule has 0 aliphatic carbocycles. The number of carbonyl (C=O) groups excluding carboxylic acids is 1. The summed E-state index contributed by atoms with van der Waals surface area (Å²) < 4.78 is 43.0. The minimum absolute atomic E-state index is 0.0736. The lowest BCUT2D eigenvalue weighted by atomic mass is 10.0. The average Bonchev–Trinajstić information content (AvgIpc) is 2.27. The van der Waals surface area contributed by atoms with Gasteiger partial charge in [-0.2, -0.15) is 4.39 Å². The third kappa shape index (κ3) is 2.73. The summed E-state index contributed by atoms with van der Waals surface area (Å²) in [6, 6.07) is 0. The van der Waals surface area contributed by atoms with Crippen LogP contribution in [-0.4, -0.2) is 17.6 Å². The molecule has 4 nitrogen and oxygen atoms in total. The van der Waals surface area contributed by atoms with Gasteiger partial charge in [-0.15, -0.1) is 0 Å². The quantitative estimate of drug-likeness (QED) is 0.651. The van der Waals surface area contributed by atoms with Crippen LogP contribution in [0.4, 0.5) is 13.2 Å². The second-order valence-electron chi connectivity index (χ2n) is 3.08. The standard InChI is InChI=1S/C10H11F3N2O2/c1-2-17-10(16)6-4-15-9(13)7(8(11)12)5(6)3-14/h4,8H,2-3,14H2,1H3. The Bertz CT molecular complexity index is 424. The maximum absolute atomic E-state index is 13.1. The van der Waals surface area contributed by atoms with Crippen molar-refractivity contribution >= 4 is 5.97 Å². The van der Waals surface area contributed by atoms with Crippen molar-refractivity contribution in [2.45, 2.75) is 19.9 Å². The molecule has 0 fully saturated rings. The van der Waals surface area contributed by atoms with Gasteiger partial charge in [0.25, 0.3) is 6.43 Å². The second kappa shape index (κ2) is 5.62. The first-order valence-electron chi connectivity index (χ1n) is 4.85. The van der Waals surface area contributed by atoms with E-state index in [1.165, 1.54) is 0 Å². The van der Waals surface area contributed by atoms with Gasteiger partial charge in [0.2, 0.25) is 5.95 Å². The smallest absolute Gasteiger partial charge is 0.340 e. The van der Waals surface area contributed by atoms with Gasteiger partial charge in [0.1, 0.15) is 0 Å². The number of alkyl halides is 2. The predicted molar refractivity (Wildman–Crippen MR) is 53.0 cm³/mol. The van der Waals surface area contributed by atoms with E-state index in [2.05, 4.69) is 9.72 Å². The fourth-order valence-electron chi connectivity index (χ4n) is 1.36. The van der Waals surface area contributed by atoms with Gasteiger partial charge in [0.05, 0.1) is 17.7 Å². The summed E-state index contributed by atoms with van der Waals surface area (Å²) in [5.74, 6) is -2.17. The summed E-state index contributed by atoms with van der Waals surface area (Å²) in [5, 5.41) is 0. The Morgan fingerprint density at radius 1 is 1.59 bits per heavy atom. The fourth-order valence-corrected chi connectivity index (χ4v) is 1.36. The van der Waals surface area contributed by atoms with Crippen LogP contribution in [0.1, 0.15) is 34.8 Å². The number of ether oxygens (including phenoxy) is 1. The molecular weight excluding hydrogens is 237 g/mol. The molecule has 17 heavy (non-hydrogen) atoms. The number of aromatic nitrogens is 1. The van der Waals surface area contributed by atoms with E-state index in [-0.39, 0.29) is 17.7 Å². The van der Waals surface area contributed by atoms with Gasteiger partial charge in [-0.25, -0.2) is 18.6 Å². The van der Waals surface area contributed by atoms with Crippen LogP contribution in [0.3, 0.4) is 0 Å². The molecule has 1 aromatic rings. The van der Waals surface area contributed by atoms with Gasteiger partial charge in [-0.05, 0) is 12.5 Å². The Morgan fingerprint density at radius 3 is 2.71 bits per heavy atom. The molecule has 0 radical (unpaired) electrons. The molecule has 0 aliphatic heterocycles. The lowest BCUT2D eigenvalue weighted by molar-refractivity contribution is 0.0523. The molecule has 0 amide bonds. The molecule has 0 aliphatic rings. The SMILES string of the molecule is CCOC(=O)c1cnc(F)c(C(F)F)c1CN. The Morgan fingerprint density at radius 2 is 2.24 bits per heavy atom. The molecule has 0 aromatic carbocycles. The first kappa shape index (κ1) is 13.4. The van der Waals surface area contributed by atoms with E-state index in [1.807, 2.05) is 0 Å². The first-order valence-corrected chi connectivity index (χ1v) is 4.85. The van der Waals surface area contributed by atoms with Crippen molar-refractivity contribution in [1.82, 2.24) is 4.98 Å². The van der Waals surface area contributed by atoms with Crippen LogP contribution in [0.15, 0.2) is 6.20 Å². The van der Waals surface area contributed by atoms with Crippen LogP contribution in [0.5, 0.6) is 0 Å². The number of carbonyl (C=O) groups is 1. The number of nitrogens with zero attached hydrogens (tertiary/aromatic N) is 1. The Labute approximate surface area is 95.6 Å². The minimum atomic E-state index is -3.09. The number of nitrogens with two attached hydrogens (primary N) is 1. The van der Waals surface area contributed by atoms with Gasteiger partial charge in [0, 0.05) is 12.7 Å². The minimum Gasteiger partial charge on any atom is -0.462 e. The highest BCUT2D eigenvalue weighted by atomic mass is 19.3. The number of hydrogen-bond donors (Lipinski definition) is 1. The maximum atomic E-state index is 13.1. The third-order valence-electron chi connectivity index (χ3n) is 2.10. The zero-order valence-electron chi connectivity index (χ0n) is 9.04. The predicted octanol–water partition coefficient (Wildman–Crippen LogP) is 1.79. The third-order valence-corrected chi connectivity index (χ3v) is 2.10. The number of hydrogen-bond acceptors (Lipinski definition) is 4. The molecule has 94 valence electrons. The molecule has 0 unspecified atom stereocenters. The molecule has 0 saturated carbocycles. The molecule has 0 atom stereocenters. The van der Waals surface area contributed by atoms with Crippen molar-refractivity contribution in [3.63, 3.8) is 0 Å². The molecule has 0 spiro atoms. The monoisotopic (exact) mass is 248 g/mol. The van der Waals surface area contributed by atoms with Crippen molar-refractivity contribution in [1.29, 1.82) is 0 Å². The summed E-state index contributed by atoms with van der Waals surface area (Å²) in [5.41, 5.74) is 3.81. The van der Waals surface area contributed by atoms with Crippen LogP contribution in [0.25, 0.3) is 0 Å². The zero-order chi connectivity index (χ0) is 13.0. The number of pyridine rings is 1. The van der Waals surface area contributed by atoms with Crippen LogP contribution < -0.4 is 5.73 Å². The van der Waals surface area contributed by atoms with E-state index in [9.17, 15) is 18.0 Å². The fraction of sp³-hybridized carbons (Fsp3) is 0.400. The van der Waals surface area contributed by atoms with Crippen molar-refractivity contribution in [3.05, 3.63) is 28.8 Å². The summed E-state index contributed by atoms with van der Waals surface area (Å²) in [4.78, 5) is 14.5. The molecular formula is C10H11F3N2O2. The second-order valence-corrected chi connectivity index (χ2v) is 3.08. The molecule has 0 saturated heterocycles. The highest BCUT2D eigenvalue weighted by Gasteiger charge is 2.24. The van der Waals surface area contributed by atoms with E-state index in [4.69, 9.17) is 5.73 Å². The summed E-state index contributed by atoms with van der Waals surface area (Å²) in [6.07, 6.45) is -2.24. The Balaban J connectivity index is 3.32. The van der Waals surface area contributed by atoms with Gasteiger partial charge in [-0.3, -0.25) is 0 Å². The normalized spacial score (nSPS) is 10.7. The van der Waals surface area contributed by atoms with Crippen molar-refractivity contribution in [2.24, 2.45) is 5.73 Å². The topological polar surface area (TPSA) is 65.2 Å². The number of halogens is 3. The van der Waals surface area contributed by atoms with E-state index < -0.39 is 30.5 Å². The number of rotatable bonds is 4. The summed E-state index contributed by atoms with van der Waals surface area (Å²) in [7, 11) is 0. The average molecular weight is 248 g/mol. The maximum Gasteiger partial charge on any atom is 0.340 e. The van der Waals surface area contributed by atoms with Gasteiger partial charge in [0.15, 0.2) is 0 Å². The number of esters is 1. The van der Waals surface area contributed by atoms with E-state index in [1.54, 1.807) is 6.92 Å². The van der Waals surface area contributed by atoms with E-state index in [0.29, 0.717) is 0 Å². The van der Waals surface area contributed by atoms with Gasteiger partial charge >= 0.3 is 5.97 Å². The van der Waals surface area contributed by atoms with E-state index in [0.717, 1.165) is 6.20 Å². The van der Waals surface area contributed by atoms with Gasteiger partial charge < -0.3 is 10.5 Å². The molecule has 1 rings (SSSR count). The molecule has 2 N–H and O–H groups in total. The van der Waals surface area contributed by atoms with Crippen LogP contribution in [-0.2, 0) is 11.3 Å². The van der Waals surface area contributed by atoms with Crippen LogP contribution in [0.2, 0.25) is 0 Å². The molecule has 1 heterocycles. The summed E-state index contributed by atoms with van der Waals surface area (Å²) in [6.45, 7) is 1.24. The lowest BCUT2D eigenvalue weighted by Gasteiger charge is -2.12. The Kier molecular flexibility index (Phi) is 4.45. The van der Waals surface area contributed by atoms with Crippen LogP contribution >= 0.6 is 0 Å². The highest BCUT2D eigenvalue weighted by molar-refractivity contribution is 5.91. The molecule has 7 heteroatoms. The zero-order valence-corrected chi connectivity index (χ0v) is 9.04. The highest BCUT2D eigenvalue weighted by Crippen LogP contribution is 2.27. The summed E-state index contributed by atoms with van der Waals surface area (Å²) >= 11 is 0. The van der Waals surface area contributed by atoms with E-state index >= 15 is 0 Å². The largest absolute Gasteiger partial charge is 0.462 e. The molecule has 1 aromatic heterocycles. The van der Waals surface area contributed by atoms with Crippen LogP contribution in [0, 0.1) is 5.95 Å². The lowest BCUT2D eigenvalue weighted by Crippen LogP contribution is -2.16. The van der Waals surface area contributed by atoms with Crippen molar-refractivity contribution in [3.8, 4) is 0 Å². The first-order chi connectivity index (χ1) is 8.02. The molecule has 0 bridgehead atoms. The Hall–Kier alpha value is -1.63.